The van der Waals surface area contributed by atoms with Crippen molar-refractivity contribution < 1.29 is 4.21 Å². The van der Waals surface area contributed by atoms with Crippen LogP contribution in [-0.2, 0) is 16.2 Å². The van der Waals surface area contributed by atoms with Crippen molar-refractivity contribution in [3.63, 3.8) is 0 Å². The summed E-state index contributed by atoms with van der Waals surface area (Å²) >= 11 is 0. The van der Waals surface area contributed by atoms with Gasteiger partial charge in [0.2, 0.25) is 0 Å². The number of hydrogen-bond acceptors (Lipinski definition) is 2. The van der Waals surface area contributed by atoms with E-state index in [0.29, 0.717) is 5.75 Å². The fourth-order valence-electron chi connectivity index (χ4n) is 1.85. The first-order valence-corrected chi connectivity index (χ1v) is 6.50. The van der Waals surface area contributed by atoms with Crippen LogP contribution in [0.5, 0.6) is 0 Å². The van der Waals surface area contributed by atoms with Gasteiger partial charge in [-0.1, -0.05) is 32.9 Å². The van der Waals surface area contributed by atoms with Crippen LogP contribution in [0.25, 0.3) is 0 Å². The van der Waals surface area contributed by atoms with E-state index in [4.69, 9.17) is 5.73 Å². The van der Waals surface area contributed by atoms with Crippen LogP contribution in [0.3, 0.4) is 0 Å². The Balaban J connectivity index is 2.52. The highest BCUT2D eigenvalue weighted by molar-refractivity contribution is 7.85. The molecule has 2 N–H and O–H groups in total. The van der Waals surface area contributed by atoms with E-state index in [0.717, 1.165) is 10.5 Å². The molecule has 0 saturated carbocycles. The SMILES string of the molecule is CC(C)(C)c1ccc2c(c1)C(N)CS2=O. The van der Waals surface area contributed by atoms with Gasteiger partial charge in [-0.25, -0.2) is 0 Å². The Morgan fingerprint density at radius 2 is 2.07 bits per heavy atom. The minimum atomic E-state index is -0.888. The van der Waals surface area contributed by atoms with Crippen LogP contribution in [0.15, 0.2) is 23.1 Å². The highest BCUT2D eigenvalue weighted by atomic mass is 32.2. The second-order valence-electron chi connectivity index (χ2n) is 5.12. The van der Waals surface area contributed by atoms with E-state index < -0.39 is 10.8 Å². The van der Waals surface area contributed by atoms with Gasteiger partial charge in [-0.3, -0.25) is 4.21 Å². The zero-order valence-electron chi connectivity index (χ0n) is 9.41. The second kappa shape index (κ2) is 3.42. The molecule has 0 spiro atoms. The van der Waals surface area contributed by atoms with Crippen molar-refractivity contribution in [2.75, 3.05) is 5.75 Å². The molecule has 1 heterocycles. The molecule has 0 amide bonds. The first-order chi connectivity index (χ1) is 6.89. The van der Waals surface area contributed by atoms with Crippen LogP contribution >= 0.6 is 0 Å². The van der Waals surface area contributed by atoms with E-state index in [2.05, 4.69) is 32.9 Å². The van der Waals surface area contributed by atoms with E-state index in [1.807, 2.05) is 6.07 Å². The van der Waals surface area contributed by atoms with Crippen LogP contribution in [0.2, 0.25) is 0 Å². The minimum Gasteiger partial charge on any atom is -0.323 e. The molecule has 0 aromatic heterocycles. The summed E-state index contributed by atoms with van der Waals surface area (Å²) in [5.41, 5.74) is 8.41. The topological polar surface area (TPSA) is 43.1 Å². The van der Waals surface area contributed by atoms with Crippen molar-refractivity contribution >= 4 is 10.8 Å². The highest BCUT2D eigenvalue weighted by Gasteiger charge is 2.27. The van der Waals surface area contributed by atoms with Gasteiger partial charge in [-0.2, -0.15) is 0 Å². The molecular weight excluding hydrogens is 206 g/mol. The molecule has 2 atom stereocenters. The number of hydrogen-bond donors (Lipinski definition) is 1. The van der Waals surface area contributed by atoms with Gasteiger partial charge in [-0.05, 0) is 22.6 Å². The summed E-state index contributed by atoms with van der Waals surface area (Å²) in [6.07, 6.45) is 0. The van der Waals surface area contributed by atoms with Crippen LogP contribution in [0.1, 0.15) is 37.9 Å². The van der Waals surface area contributed by atoms with Crippen LogP contribution in [-0.4, -0.2) is 9.96 Å². The van der Waals surface area contributed by atoms with Crippen molar-refractivity contribution in [3.05, 3.63) is 29.3 Å². The van der Waals surface area contributed by atoms with Gasteiger partial charge in [0.25, 0.3) is 0 Å². The molecule has 0 saturated heterocycles. The van der Waals surface area contributed by atoms with E-state index in [1.54, 1.807) is 0 Å². The molecule has 0 bridgehead atoms. The number of fused-ring (bicyclic) bond motifs is 1. The molecule has 2 rings (SSSR count). The van der Waals surface area contributed by atoms with Gasteiger partial charge >= 0.3 is 0 Å². The molecule has 0 aliphatic carbocycles. The Bertz CT molecular complexity index is 420. The average molecular weight is 223 g/mol. The second-order valence-corrected chi connectivity index (χ2v) is 6.59. The fraction of sp³-hybridized carbons (Fsp3) is 0.500. The molecule has 1 aromatic carbocycles. The molecule has 82 valence electrons. The molecule has 2 nitrogen and oxygen atoms in total. The lowest BCUT2D eigenvalue weighted by Gasteiger charge is -2.20. The van der Waals surface area contributed by atoms with Gasteiger partial charge in [0, 0.05) is 16.7 Å². The van der Waals surface area contributed by atoms with Gasteiger partial charge in [0.15, 0.2) is 0 Å². The number of rotatable bonds is 0. The maximum atomic E-state index is 11.7. The predicted octanol–water partition coefficient (Wildman–Crippen LogP) is 2.11. The summed E-state index contributed by atoms with van der Waals surface area (Å²) < 4.78 is 11.7. The molecule has 2 unspecified atom stereocenters. The molecule has 3 heteroatoms. The molecule has 0 radical (unpaired) electrons. The third-order valence-corrected chi connectivity index (χ3v) is 4.38. The lowest BCUT2D eigenvalue weighted by molar-refractivity contribution is 0.587. The van der Waals surface area contributed by atoms with Crippen molar-refractivity contribution in [1.82, 2.24) is 0 Å². The Labute approximate surface area is 93.3 Å². The van der Waals surface area contributed by atoms with Crippen molar-refractivity contribution in [1.29, 1.82) is 0 Å². The lowest BCUT2D eigenvalue weighted by atomic mass is 9.85. The van der Waals surface area contributed by atoms with Crippen LogP contribution < -0.4 is 5.73 Å². The third kappa shape index (κ3) is 1.86. The monoisotopic (exact) mass is 223 g/mol. The van der Waals surface area contributed by atoms with Gasteiger partial charge < -0.3 is 5.73 Å². The first-order valence-electron chi connectivity index (χ1n) is 5.18. The quantitative estimate of drug-likeness (QED) is 0.732. The van der Waals surface area contributed by atoms with Crippen LogP contribution in [0, 0.1) is 0 Å². The Kier molecular flexibility index (Phi) is 2.47. The Morgan fingerprint density at radius 3 is 2.67 bits per heavy atom. The van der Waals surface area contributed by atoms with Gasteiger partial charge in [-0.15, -0.1) is 0 Å². The highest BCUT2D eigenvalue weighted by Crippen LogP contribution is 2.33. The normalized spacial score (nSPS) is 25.3. The summed E-state index contributed by atoms with van der Waals surface area (Å²) in [7, 11) is -0.888. The van der Waals surface area contributed by atoms with Crippen molar-refractivity contribution in [2.24, 2.45) is 5.73 Å². The number of nitrogens with two attached hydrogens (primary N) is 1. The molecule has 1 aliphatic heterocycles. The van der Waals surface area contributed by atoms with Gasteiger partial charge in [0.1, 0.15) is 0 Å². The van der Waals surface area contributed by atoms with Gasteiger partial charge in [0.05, 0.1) is 10.8 Å². The average Bonchev–Trinajstić information content (AvgIpc) is 2.41. The Hall–Kier alpha value is -0.670. The number of benzene rings is 1. The predicted molar refractivity (Wildman–Crippen MR) is 63.3 cm³/mol. The zero-order chi connectivity index (χ0) is 11.2. The Morgan fingerprint density at radius 1 is 1.40 bits per heavy atom. The molecule has 1 aromatic rings. The fourth-order valence-corrected chi connectivity index (χ4v) is 3.23. The summed E-state index contributed by atoms with van der Waals surface area (Å²) in [5.74, 6) is 0.572. The maximum absolute atomic E-state index is 11.7. The van der Waals surface area contributed by atoms with E-state index in [-0.39, 0.29) is 11.5 Å². The maximum Gasteiger partial charge on any atom is 0.0552 e. The largest absolute Gasteiger partial charge is 0.323 e. The van der Waals surface area contributed by atoms with Crippen LogP contribution in [0.4, 0.5) is 0 Å². The summed E-state index contributed by atoms with van der Waals surface area (Å²) in [6.45, 7) is 6.52. The first kappa shape index (κ1) is 10.8. The molecule has 15 heavy (non-hydrogen) atoms. The molecule has 0 fully saturated rings. The molecule has 1 aliphatic rings. The standard InChI is InChI=1S/C12H17NOS/c1-12(2,3)8-4-5-11-9(6-8)10(13)7-15(11)14/h4-6,10H,7,13H2,1-3H3. The minimum absolute atomic E-state index is 0.0527. The summed E-state index contributed by atoms with van der Waals surface area (Å²) in [6, 6.07) is 6.10. The van der Waals surface area contributed by atoms with E-state index in [9.17, 15) is 4.21 Å². The molecular formula is C12H17NOS. The summed E-state index contributed by atoms with van der Waals surface area (Å²) in [4.78, 5) is 0.926. The van der Waals surface area contributed by atoms with E-state index in [1.165, 1.54) is 5.56 Å². The van der Waals surface area contributed by atoms with Crippen molar-refractivity contribution in [3.8, 4) is 0 Å². The smallest absolute Gasteiger partial charge is 0.0552 e. The summed E-state index contributed by atoms with van der Waals surface area (Å²) in [5, 5.41) is 0. The zero-order valence-corrected chi connectivity index (χ0v) is 10.2. The van der Waals surface area contributed by atoms with Crippen molar-refractivity contribution in [2.45, 2.75) is 37.1 Å². The third-order valence-electron chi connectivity index (χ3n) is 2.85. The lowest BCUT2D eigenvalue weighted by Crippen LogP contribution is -2.14. The van der Waals surface area contributed by atoms with E-state index >= 15 is 0 Å².